The summed E-state index contributed by atoms with van der Waals surface area (Å²) in [6.45, 7) is 3.71. The summed E-state index contributed by atoms with van der Waals surface area (Å²) in [4.78, 5) is 15.1. The lowest BCUT2D eigenvalue weighted by Crippen LogP contribution is -2.47. The van der Waals surface area contributed by atoms with Crippen molar-refractivity contribution in [3.63, 3.8) is 0 Å². The number of benzene rings is 2. The maximum absolute atomic E-state index is 12.7. The molecule has 0 fully saturated rings. The minimum atomic E-state index is -0.218. The highest BCUT2D eigenvalue weighted by Crippen LogP contribution is 2.40. The number of nitrogens with one attached hydrogen (secondary N) is 1. The van der Waals surface area contributed by atoms with Crippen LogP contribution in [0.2, 0.25) is 0 Å². The Hall–Kier alpha value is -3.25. The standard InChI is InChI=1S/C25H28N2O4/c1-17(26-25(28)21-10-7-13-31-21)24-20-15-23(30-3)22(29-2)14-19(20)11-12-27(24)16-18-8-5-4-6-9-18/h4-10,13-15,17,24H,11-12,16H2,1-3H3,(H,26,28)/t17-,24-/m0/s1. The predicted octanol–water partition coefficient (Wildman–Crippen LogP) is 4.21. The van der Waals surface area contributed by atoms with Gasteiger partial charge in [0.1, 0.15) is 0 Å². The van der Waals surface area contributed by atoms with Gasteiger partial charge >= 0.3 is 0 Å². The van der Waals surface area contributed by atoms with Crippen LogP contribution in [0.3, 0.4) is 0 Å². The van der Waals surface area contributed by atoms with Crippen molar-refractivity contribution in [2.45, 2.75) is 32.0 Å². The van der Waals surface area contributed by atoms with Crippen molar-refractivity contribution in [2.75, 3.05) is 20.8 Å². The first kappa shape index (κ1) is 21.0. The number of amides is 1. The van der Waals surface area contributed by atoms with Crippen LogP contribution in [0.4, 0.5) is 0 Å². The molecule has 1 amide bonds. The molecule has 0 bridgehead atoms. The number of carbonyl (C=O) groups is 1. The number of carbonyl (C=O) groups excluding carboxylic acids is 1. The number of fused-ring (bicyclic) bond motifs is 1. The molecule has 31 heavy (non-hydrogen) atoms. The molecule has 0 aliphatic carbocycles. The molecule has 162 valence electrons. The Kier molecular flexibility index (Phi) is 6.28. The van der Waals surface area contributed by atoms with Crippen LogP contribution in [0.5, 0.6) is 11.5 Å². The normalized spacial score (nSPS) is 16.9. The monoisotopic (exact) mass is 420 g/mol. The SMILES string of the molecule is COc1cc2c(cc1OC)[C@H]([C@H](C)NC(=O)c1ccco1)N(Cc1ccccc1)CC2. The summed E-state index contributed by atoms with van der Waals surface area (Å²) in [5.41, 5.74) is 3.60. The van der Waals surface area contributed by atoms with E-state index in [1.165, 1.54) is 17.4 Å². The molecule has 3 aromatic rings. The molecular weight excluding hydrogens is 392 g/mol. The van der Waals surface area contributed by atoms with Crippen molar-refractivity contribution in [1.82, 2.24) is 10.2 Å². The minimum Gasteiger partial charge on any atom is -0.493 e. The van der Waals surface area contributed by atoms with E-state index >= 15 is 0 Å². The van der Waals surface area contributed by atoms with Crippen LogP contribution in [0.25, 0.3) is 0 Å². The average molecular weight is 421 g/mol. The smallest absolute Gasteiger partial charge is 0.287 e. The molecule has 2 aromatic carbocycles. The molecule has 0 spiro atoms. The number of methoxy groups -OCH3 is 2. The van der Waals surface area contributed by atoms with Crippen molar-refractivity contribution < 1.29 is 18.7 Å². The summed E-state index contributed by atoms with van der Waals surface area (Å²) in [6.07, 6.45) is 2.41. The topological polar surface area (TPSA) is 63.9 Å². The fourth-order valence-corrected chi connectivity index (χ4v) is 4.37. The van der Waals surface area contributed by atoms with Gasteiger partial charge in [0, 0.05) is 19.1 Å². The zero-order valence-electron chi connectivity index (χ0n) is 18.1. The van der Waals surface area contributed by atoms with Crippen LogP contribution in [0, 0.1) is 0 Å². The van der Waals surface area contributed by atoms with Gasteiger partial charge in [0.2, 0.25) is 0 Å². The highest BCUT2D eigenvalue weighted by Gasteiger charge is 2.34. The fraction of sp³-hybridized carbons (Fsp3) is 0.320. The molecule has 0 saturated heterocycles. The summed E-state index contributed by atoms with van der Waals surface area (Å²) in [7, 11) is 3.30. The van der Waals surface area contributed by atoms with Crippen molar-refractivity contribution in [3.05, 3.63) is 83.3 Å². The van der Waals surface area contributed by atoms with Gasteiger partial charge in [0.25, 0.3) is 5.91 Å². The quantitative estimate of drug-likeness (QED) is 0.620. The first-order chi connectivity index (χ1) is 15.1. The number of hydrogen-bond acceptors (Lipinski definition) is 5. The largest absolute Gasteiger partial charge is 0.493 e. The van der Waals surface area contributed by atoms with Crippen LogP contribution in [0.15, 0.2) is 65.3 Å². The molecule has 6 heteroatoms. The first-order valence-electron chi connectivity index (χ1n) is 10.5. The van der Waals surface area contributed by atoms with Gasteiger partial charge in [0.15, 0.2) is 17.3 Å². The van der Waals surface area contributed by atoms with Crippen LogP contribution in [0.1, 0.15) is 40.2 Å². The number of nitrogens with zero attached hydrogens (tertiary/aromatic N) is 1. The summed E-state index contributed by atoms with van der Waals surface area (Å²) in [5.74, 6) is 1.51. The molecule has 1 N–H and O–H groups in total. The van der Waals surface area contributed by atoms with Gasteiger partial charge in [-0.3, -0.25) is 9.69 Å². The minimum absolute atomic E-state index is 0.0253. The molecule has 2 heterocycles. The third kappa shape index (κ3) is 4.44. The lowest BCUT2D eigenvalue weighted by Gasteiger charge is -2.41. The molecule has 0 radical (unpaired) electrons. The summed E-state index contributed by atoms with van der Waals surface area (Å²) in [6, 6.07) is 17.7. The van der Waals surface area contributed by atoms with Gasteiger partial charge in [-0.15, -0.1) is 0 Å². The second-order valence-electron chi connectivity index (χ2n) is 7.80. The summed E-state index contributed by atoms with van der Waals surface area (Å²) in [5, 5.41) is 3.13. The van der Waals surface area contributed by atoms with E-state index in [0.29, 0.717) is 11.5 Å². The molecule has 0 unspecified atom stereocenters. The molecular formula is C25H28N2O4. The number of hydrogen-bond donors (Lipinski definition) is 1. The van der Waals surface area contributed by atoms with E-state index in [9.17, 15) is 4.79 Å². The Bertz CT molecular complexity index is 1020. The van der Waals surface area contributed by atoms with Crippen LogP contribution in [-0.2, 0) is 13.0 Å². The molecule has 1 aromatic heterocycles. The van der Waals surface area contributed by atoms with E-state index in [4.69, 9.17) is 13.9 Å². The van der Waals surface area contributed by atoms with E-state index in [-0.39, 0.29) is 18.0 Å². The summed E-state index contributed by atoms with van der Waals surface area (Å²) < 4.78 is 16.4. The molecule has 4 rings (SSSR count). The van der Waals surface area contributed by atoms with Gasteiger partial charge < -0.3 is 19.2 Å². The lowest BCUT2D eigenvalue weighted by atomic mass is 9.87. The molecule has 1 aliphatic heterocycles. The maximum Gasteiger partial charge on any atom is 0.287 e. The molecule has 1 aliphatic rings. The Morgan fingerprint density at radius 3 is 2.55 bits per heavy atom. The van der Waals surface area contributed by atoms with Crippen molar-refractivity contribution in [2.24, 2.45) is 0 Å². The second kappa shape index (κ2) is 9.27. The van der Waals surface area contributed by atoms with Gasteiger partial charge in [0.05, 0.1) is 26.5 Å². The van der Waals surface area contributed by atoms with Crippen LogP contribution in [-0.4, -0.2) is 37.6 Å². The number of ether oxygens (including phenoxy) is 2. The van der Waals surface area contributed by atoms with Crippen molar-refractivity contribution in [1.29, 1.82) is 0 Å². The zero-order chi connectivity index (χ0) is 21.8. The fourth-order valence-electron chi connectivity index (χ4n) is 4.37. The van der Waals surface area contributed by atoms with E-state index in [2.05, 4.69) is 40.5 Å². The van der Waals surface area contributed by atoms with E-state index < -0.39 is 0 Å². The van der Waals surface area contributed by atoms with Crippen LogP contribution < -0.4 is 14.8 Å². The first-order valence-corrected chi connectivity index (χ1v) is 10.5. The third-order valence-electron chi connectivity index (χ3n) is 5.83. The van der Waals surface area contributed by atoms with Crippen LogP contribution >= 0.6 is 0 Å². The number of furan rings is 1. The summed E-state index contributed by atoms with van der Waals surface area (Å²) >= 11 is 0. The Balaban J connectivity index is 1.68. The highest BCUT2D eigenvalue weighted by atomic mass is 16.5. The lowest BCUT2D eigenvalue weighted by molar-refractivity contribution is 0.0850. The second-order valence-corrected chi connectivity index (χ2v) is 7.80. The Morgan fingerprint density at radius 1 is 1.13 bits per heavy atom. The van der Waals surface area contributed by atoms with Gasteiger partial charge in [-0.1, -0.05) is 30.3 Å². The zero-order valence-corrected chi connectivity index (χ0v) is 18.1. The highest BCUT2D eigenvalue weighted by molar-refractivity contribution is 5.91. The van der Waals surface area contributed by atoms with E-state index in [1.807, 2.05) is 19.1 Å². The molecule has 0 saturated carbocycles. The van der Waals surface area contributed by atoms with Gasteiger partial charge in [-0.05, 0) is 54.3 Å². The molecule has 6 nitrogen and oxygen atoms in total. The van der Waals surface area contributed by atoms with Gasteiger partial charge in [-0.2, -0.15) is 0 Å². The van der Waals surface area contributed by atoms with Crippen molar-refractivity contribution in [3.8, 4) is 11.5 Å². The maximum atomic E-state index is 12.7. The molecule has 2 atom stereocenters. The predicted molar refractivity (Wildman–Crippen MR) is 118 cm³/mol. The van der Waals surface area contributed by atoms with E-state index in [0.717, 1.165) is 30.8 Å². The third-order valence-corrected chi connectivity index (χ3v) is 5.83. The van der Waals surface area contributed by atoms with E-state index in [1.54, 1.807) is 26.4 Å². The number of rotatable bonds is 7. The van der Waals surface area contributed by atoms with Gasteiger partial charge in [-0.25, -0.2) is 0 Å². The average Bonchev–Trinajstić information content (AvgIpc) is 3.33. The Labute approximate surface area is 182 Å². The Morgan fingerprint density at radius 2 is 1.87 bits per heavy atom. The van der Waals surface area contributed by atoms with Crippen molar-refractivity contribution >= 4 is 5.91 Å².